The van der Waals surface area contributed by atoms with Crippen molar-refractivity contribution < 1.29 is 56.0 Å². The maximum atomic E-state index is 13.3. The molecule has 0 aromatic heterocycles. The van der Waals surface area contributed by atoms with Crippen LogP contribution in [-0.4, -0.2) is 155 Å². The van der Waals surface area contributed by atoms with E-state index in [9.17, 15) is 45.0 Å². The van der Waals surface area contributed by atoms with Crippen LogP contribution in [0.5, 0.6) is 5.75 Å². The number of Topliss-reactive ketones (excluding diaryl/α,β-unsaturated/α-hetero) is 2. The molecule has 12 N–H and O–H groups in total. The molecule has 0 saturated heterocycles. The zero-order chi connectivity index (χ0) is 24.8. The molecule has 6 atom stereocenters. The fourth-order valence-electron chi connectivity index (χ4n) is 5.60. The summed E-state index contributed by atoms with van der Waals surface area (Å²) < 4.78 is 0. The van der Waals surface area contributed by atoms with Crippen LogP contribution in [0, 0.1) is 11.8 Å². The average Bonchev–Trinajstić information content (AvgIpc) is 2.70. The van der Waals surface area contributed by atoms with E-state index in [0.717, 1.165) is 0 Å². The van der Waals surface area contributed by atoms with Crippen LogP contribution in [0.1, 0.15) is 22.8 Å². The predicted molar refractivity (Wildman–Crippen MR) is 132 cm³/mol. The SMILES string of the molecule is CN(C)[C@@H]1C(O)=C(C(N)=O)C(=O)[C@@]2(O)C(O)=C3C(=O)c4c(O)cccc4[C@@](C)(O)[C@H]3[C@H](O)[C@@H]12.O.O.[NaH].[NaH]. The van der Waals surface area contributed by atoms with E-state index in [2.05, 4.69) is 0 Å². The van der Waals surface area contributed by atoms with E-state index in [1.54, 1.807) is 0 Å². The van der Waals surface area contributed by atoms with Crippen molar-refractivity contribution in [2.75, 3.05) is 14.1 Å². The molecule has 0 bridgehead atoms. The van der Waals surface area contributed by atoms with Gasteiger partial charge in [0.2, 0.25) is 5.78 Å². The van der Waals surface area contributed by atoms with Crippen LogP contribution in [0.15, 0.2) is 40.9 Å². The van der Waals surface area contributed by atoms with Gasteiger partial charge in [-0.05, 0) is 32.6 Å². The molecule has 1 aromatic carbocycles. The number of ketones is 2. The first-order valence-electron chi connectivity index (χ1n) is 10.1. The summed E-state index contributed by atoms with van der Waals surface area (Å²) in [6, 6.07) is 2.54. The van der Waals surface area contributed by atoms with Gasteiger partial charge < -0.3 is 47.3 Å². The Morgan fingerprint density at radius 3 is 2.08 bits per heavy atom. The Morgan fingerprint density at radius 1 is 1.05 bits per heavy atom. The Hall–Kier alpha value is -1.33. The summed E-state index contributed by atoms with van der Waals surface area (Å²) in [6.07, 6.45) is -1.87. The summed E-state index contributed by atoms with van der Waals surface area (Å²) in [4.78, 5) is 39.8. The molecule has 0 aliphatic heterocycles. The summed E-state index contributed by atoms with van der Waals surface area (Å²) in [5.41, 5.74) is -1.88. The zero-order valence-corrected chi connectivity index (χ0v) is 19.0. The molecule has 1 amide bonds. The van der Waals surface area contributed by atoms with E-state index in [4.69, 9.17) is 5.73 Å². The number of aliphatic hydroxyl groups is 5. The molecule has 1 aromatic rings. The summed E-state index contributed by atoms with van der Waals surface area (Å²) in [5.74, 6) is -9.66. The van der Waals surface area contributed by atoms with Crippen molar-refractivity contribution in [3.63, 3.8) is 0 Å². The van der Waals surface area contributed by atoms with Gasteiger partial charge in [0.1, 0.15) is 22.8 Å². The molecule has 0 radical (unpaired) electrons. The van der Waals surface area contributed by atoms with Gasteiger partial charge in [0.25, 0.3) is 5.91 Å². The van der Waals surface area contributed by atoms with E-state index < -0.39 is 81.1 Å². The van der Waals surface area contributed by atoms with Crippen LogP contribution in [0.3, 0.4) is 0 Å². The third kappa shape index (κ3) is 4.50. The van der Waals surface area contributed by atoms with Gasteiger partial charge in [-0.3, -0.25) is 19.3 Å². The van der Waals surface area contributed by atoms with Crippen molar-refractivity contribution in [1.82, 2.24) is 4.90 Å². The number of hydrogen-bond acceptors (Lipinski definition) is 10. The van der Waals surface area contributed by atoms with Gasteiger partial charge in [-0.2, -0.15) is 0 Å². The van der Waals surface area contributed by atoms with E-state index >= 15 is 0 Å². The number of phenols is 1. The van der Waals surface area contributed by atoms with Gasteiger partial charge in [0, 0.05) is 0 Å². The molecule has 3 aliphatic carbocycles. The molecule has 0 spiro atoms. The van der Waals surface area contributed by atoms with Crippen LogP contribution < -0.4 is 5.73 Å². The maximum absolute atomic E-state index is 13.3. The van der Waals surface area contributed by atoms with E-state index in [1.165, 1.54) is 44.1 Å². The molecule has 0 unspecified atom stereocenters. The number of carbonyl (C=O) groups is 3. The zero-order valence-electron chi connectivity index (χ0n) is 19.0. The molecular formula is C22H30N2Na2O11. The number of amides is 1. The number of likely N-dealkylation sites (N-methyl/N-ethyl adjacent to an activating group) is 1. The van der Waals surface area contributed by atoms with Gasteiger partial charge >= 0.3 is 59.1 Å². The van der Waals surface area contributed by atoms with Crippen molar-refractivity contribution in [2.45, 2.75) is 30.3 Å². The number of hydrogen-bond donors (Lipinski definition) is 7. The van der Waals surface area contributed by atoms with E-state index in [1.807, 2.05) is 0 Å². The van der Waals surface area contributed by atoms with Crippen molar-refractivity contribution >= 4 is 76.6 Å². The number of fused-ring (bicyclic) bond motifs is 3. The molecule has 3 aliphatic rings. The number of phenolic OH excluding ortho intramolecular Hbond substituents is 1. The number of nitrogens with two attached hydrogens (primary N) is 1. The minimum absolute atomic E-state index is 0. The average molecular weight is 544 g/mol. The van der Waals surface area contributed by atoms with Crippen molar-refractivity contribution in [2.24, 2.45) is 17.6 Å². The Bertz CT molecular complexity index is 1200. The summed E-state index contributed by atoms with van der Waals surface area (Å²) >= 11 is 0. The third-order valence-electron chi connectivity index (χ3n) is 7.04. The Kier molecular flexibility index (Phi) is 11.0. The molecule has 4 rings (SSSR count). The second-order valence-electron chi connectivity index (χ2n) is 9.06. The monoisotopic (exact) mass is 544 g/mol. The summed E-state index contributed by atoms with van der Waals surface area (Å²) in [7, 11) is 2.85. The first kappa shape index (κ1) is 35.7. The fourth-order valence-corrected chi connectivity index (χ4v) is 5.60. The molecule has 196 valence electrons. The topological polar surface area (TPSA) is 265 Å². The van der Waals surface area contributed by atoms with E-state index in [-0.39, 0.29) is 81.2 Å². The van der Waals surface area contributed by atoms with Gasteiger partial charge in [-0.15, -0.1) is 0 Å². The van der Waals surface area contributed by atoms with Gasteiger partial charge in [-0.1, -0.05) is 12.1 Å². The third-order valence-corrected chi connectivity index (χ3v) is 7.04. The minimum atomic E-state index is -3.02. The summed E-state index contributed by atoms with van der Waals surface area (Å²) in [6.45, 7) is 1.25. The predicted octanol–water partition coefficient (Wildman–Crippen LogP) is -4.19. The van der Waals surface area contributed by atoms with Gasteiger partial charge in [-0.25, -0.2) is 0 Å². The van der Waals surface area contributed by atoms with Gasteiger partial charge in [0.15, 0.2) is 11.4 Å². The normalized spacial score (nSPS) is 32.1. The second kappa shape index (κ2) is 11.4. The van der Waals surface area contributed by atoms with Crippen LogP contribution in [0.2, 0.25) is 0 Å². The Balaban J connectivity index is 0.00000324. The quantitative estimate of drug-likeness (QED) is 0.139. The standard InChI is InChI=1S/C22H24N2O9.2Na.2H2O.2H/c1-21(32)7-5-4-6-8(25)9(7)15(26)10-12(21)17(28)13-14(24(2)3)16(27)11(20(23)31)19(30)22(13,33)18(10)29;;;;;;/h4-6,12-14,17,25,27-29,32-33H,1-3H3,(H2,23,31);;;2*1H2;;/t12-,13-,14+,17+,21-,22+;;;;;;/m1....../s1. The van der Waals surface area contributed by atoms with Crippen molar-refractivity contribution in [3.8, 4) is 5.75 Å². The number of aromatic hydroxyl groups is 1. The number of nitrogens with zero attached hydrogens (tertiary/aromatic N) is 1. The van der Waals surface area contributed by atoms with Crippen LogP contribution in [0.25, 0.3) is 0 Å². The first-order chi connectivity index (χ1) is 15.2. The number of aliphatic hydroxyl groups excluding tert-OH is 3. The molecular weight excluding hydrogens is 514 g/mol. The van der Waals surface area contributed by atoms with Gasteiger partial charge in [0.05, 0.1) is 40.7 Å². The second-order valence-corrected chi connectivity index (χ2v) is 9.06. The molecule has 13 nitrogen and oxygen atoms in total. The summed E-state index contributed by atoms with van der Waals surface area (Å²) in [5, 5.41) is 66.5. The van der Waals surface area contributed by atoms with Crippen molar-refractivity contribution in [1.29, 1.82) is 0 Å². The van der Waals surface area contributed by atoms with E-state index in [0.29, 0.717) is 0 Å². The molecule has 0 heterocycles. The van der Waals surface area contributed by atoms with Crippen LogP contribution in [-0.2, 0) is 15.2 Å². The van der Waals surface area contributed by atoms with Crippen molar-refractivity contribution in [3.05, 3.63) is 52.0 Å². The number of primary amides is 1. The number of benzene rings is 1. The molecule has 0 saturated carbocycles. The van der Waals surface area contributed by atoms with Crippen LogP contribution in [0.4, 0.5) is 0 Å². The number of carbonyl (C=O) groups excluding carboxylic acids is 3. The number of rotatable bonds is 2. The molecule has 0 fully saturated rings. The molecule has 37 heavy (non-hydrogen) atoms. The Labute approximate surface area is 255 Å². The first-order valence-corrected chi connectivity index (χ1v) is 10.1. The Morgan fingerprint density at radius 2 is 1.59 bits per heavy atom. The van der Waals surface area contributed by atoms with Crippen LogP contribution >= 0.6 is 0 Å². The molecule has 15 heteroatoms. The fraction of sp³-hybridized carbons (Fsp3) is 0.409.